The highest BCUT2D eigenvalue weighted by Gasteiger charge is 2.15. The van der Waals surface area contributed by atoms with Crippen LogP contribution >= 0.6 is 0 Å². The molecule has 1 aliphatic carbocycles. The number of nitrogens with one attached hydrogen (secondary N) is 1. The zero-order valence-corrected chi connectivity index (χ0v) is 12.5. The van der Waals surface area contributed by atoms with Crippen LogP contribution in [-0.4, -0.2) is 28.9 Å². The molecule has 1 aliphatic rings. The van der Waals surface area contributed by atoms with E-state index in [1.54, 1.807) is 0 Å². The van der Waals surface area contributed by atoms with Crippen LogP contribution in [0.1, 0.15) is 43.5 Å². The van der Waals surface area contributed by atoms with Gasteiger partial charge in [0.15, 0.2) is 0 Å². The molecule has 110 valence electrons. The number of hydrogen-bond acceptors (Lipinski definition) is 3. The fraction of sp³-hybridized carbons (Fsp3) is 0.600. The van der Waals surface area contributed by atoms with Crippen LogP contribution in [0.4, 0.5) is 0 Å². The van der Waals surface area contributed by atoms with E-state index in [1.165, 1.54) is 32.1 Å². The topological polar surface area (TPSA) is 66.5 Å². The van der Waals surface area contributed by atoms with Gasteiger partial charge in [0.1, 0.15) is 0 Å². The van der Waals surface area contributed by atoms with Crippen molar-refractivity contribution in [1.29, 1.82) is 0 Å². The molecule has 1 aromatic heterocycles. The van der Waals surface area contributed by atoms with Crippen molar-refractivity contribution in [2.45, 2.75) is 51.6 Å². The summed E-state index contributed by atoms with van der Waals surface area (Å²) in [4.78, 5) is 11.3. The van der Waals surface area contributed by atoms with Crippen LogP contribution in [0.3, 0.4) is 0 Å². The molecule has 1 aromatic rings. The molecule has 1 heterocycles. The molecular formula is C15H25N5. The second-order valence-electron chi connectivity index (χ2n) is 5.52. The molecule has 1 fully saturated rings. The van der Waals surface area contributed by atoms with Crippen LogP contribution in [0.5, 0.6) is 0 Å². The lowest BCUT2D eigenvalue weighted by Crippen LogP contribution is -2.43. The van der Waals surface area contributed by atoms with Crippen molar-refractivity contribution in [3.05, 3.63) is 29.6 Å². The zero-order valence-electron chi connectivity index (χ0n) is 12.5. The molecule has 5 heteroatoms. The fourth-order valence-electron chi connectivity index (χ4n) is 2.63. The SMILES string of the molecule is Cc1cccc(CN(C)C(=NC2CCCCC2)NN)n1. The van der Waals surface area contributed by atoms with Gasteiger partial charge in [-0.05, 0) is 31.9 Å². The number of nitrogens with two attached hydrogens (primary N) is 1. The van der Waals surface area contributed by atoms with E-state index < -0.39 is 0 Å². The first-order valence-electron chi connectivity index (χ1n) is 7.37. The lowest BCUT2D eigenvalue weighted by Gasteiger charge is -2.24. The van der Waals surface area contributed by atoms with E-state index >= 15 is 0 Å². The van der Waals surface area contributed by atoms with Crippen molar-refractivity contribution in [2.75, 3.05) is 7.05 Å². The standard InChI is InChI=1S/C15H25N5/c1-12-7-6-10-14(17-12)11-20(2)15(19-16)18-13-8-4-3-5-9-13/h6-7,10,13H,3-5,8-9,11,16H2,1-2H3,(H,18,19). The summed E-state index contributed by atoms with van der Waals surface area (Å²) in [5, 5.41) is 0. The van der Waals surface area contributed by atoms with Crippen molar-refractivity contribution in [1.82, 2.24) is 15.3 Å². The monoisotopic (exact) mass is 275 g/mol. The van der Waals surface area contributed by atoms with Gasteiger partial charge in [-0.25, -0.2) is 10.8 Å². The van der Waals surface area contributed by atoms with Gasteiger partial charge < -0.3 is 4.90 Å². The molecule has 5 nitrogen and oxygen atoms in total. The number of aryl methyl sites for hydroxylation is 1. The highest BCUT2D eigenvalue weighted by molar-refractivity contribution is 5.79. The Bertz CT molecular complexity index is 451. The number of nitrogens with zero attached hydrogens (tertiary/aromatic N) is 3. The number of guanidine groups is 1. The molecule has 0 unspecified atom stereocenters. The van der Waals surface area contributed by atoms with Gasteiger partial charge in [-0.3, -0.25) is 10.4 Å². The first-order chi connectivity index (χ1) is 9.69. The first-order valence-corrected chi connectivity index (χ1v) is 7.37. The molecule has 0 atom stereocenters. The van der Waals surface area contributed by atoms with E-state index in [0.717, 1.165) is 17.3 Å². The summed E-state index contributed by atoms with van der Waals surface area (Å²) in [7, 11) is 1.99. The zero-order chi connectivity index (χ0) is 14.4. The molecule has 2 rings (SSSR count). The molecule has 1 saturated carbocycles. The summed E-state index contributed by atoms with van der Waals surface area (Å²) in [6.45, 7) is 2.71. The highest BCUT2D eigenvalue weighted by atomic mass is 15.4. The quantitative estimate of drug-likeness (QED) is 0.383. The number of aromatic nitrogens is 1. The van der Waals surface area contributed by atoms with Crippen LogP contribution in [-0.2, 0) is 6.54 Å². The maximum absolute atomic E-state index is 5.63. The Balaban J connectivity index is 2.00. The van der Waals surface area contributed by atoms with Gasteiger partial charge in [-0.15, -0.1) is 0 Å². The van der Waals surface area contributed by atoms with Crippen molar-refractivity contribution in [2.24, 2.45) is 10.8 Å². The van der Waals surface area contributed by atoms with E-state index in [2.05, 4.69) is 10.4 Å². The summed E-state index contributed by atoms with van der Waals surface area (Å²) in [6, 6.07) is 6.46. The minimum Gasteiger partial charge on any atom is -0.339 e. The maximum atomic E-state index is 5.63. The van der Waals surface area contributed by atoms with Gasteiger partial charge in [0.25, 0.3) is 0 Å². The maximum Gasteiger partial charge on any atom is 0.208 e. The van der Waals surface area contributed by atoms with Crippen LogP contribution in [0.2, 0.25) is 0 Å². The number of rotatable bonds is 3. The van der Waals surface area contributed by atoms with Crippen molar-refractivity contribution >= 4 is 5.96 Å². The third-order valence-electron chi connectivity index (χ3n) is 3.72. The number of pyridine rings is 1. The van der Waals surface area contributed by atoms with Crippen LogP contribution in [0.25, 0.3) is 0 Å². The lowest BCUT2D eigenvalue weighted by atomic mass is 9.96. The molecule has 0 bridgehead atoms. The molecule has 0 amide bonds. The predicted octanol–water partition coefficient (Wildman–Crippen LogP) is 1.97. The average Bonchev–Trinajstić information content (AvgIpc) is 2.45. The van der Waals surface area contributed by atoms with E-state index in [0.29, 0.717) is 12.6 Å². The number of hydrogen-bond donors (Lipinski definition) is 2. The minimum absolute atomic E-state index is 0.405. The largest absolute Gasteiger partial charge is 0.339 e. The fourth-order valence-corrected chi connectivity index (χ4v) is 2.63. The normalized spacial score (nSPS) is 17.1. The molecule has 0 radical (unpaired) electrons. The summed E-state index contributed by atoms with van der Waals surface area (Å²) < 4.78 is 0. The molecule has 0 saturated heterocycles. The summed E-state index contributed by atoms with van der Waals surface area (Å²) in [5.74, 6) is 6.38. The number of hydrazine groups is 1. The Kier molecular flexibility index (Phi) is 5.35. The lowest BCUT2D eigenvalue weighted by molar-refractivity contribution is 0.421. The van der Waals surface area contributed by atoms with Crippen LogP contribution in [0, 0.1) is 6.92 Å². The molecule has 0 aliphatic heterocycles. The summed E-state index contributed by atoms with van der Waals surface area (Å²) >= 11 is 0. The smallest absolute Gasteiger partial charge is 0.208 e. The Hall–Kier alpha value is -1.62. The van der Waals surface area contributed by atoms with Crippen molar-refractivity contribution < 1.29 is 0 Å². The Labute approximate surface area is 121 Å². The Morgan fingerprint density at radius 2 is 2.15 bits per heavy atom. The molecule has 20 heavy (non-hydrogen) atoms. The van der Waals surface area contributed by atoms with Gasteiger partial charge >= 0.3 is 0 Å². The van der Waals surface area contributed by atoms with Crippen LogP contribution in [0.15, 0.2) is 23.2 Å². The Morgan fingerprint density at radius 3 is 2.80 bits per heavy atom. The van der Waals surface area contributed by atoms with E-state index in [4.69, 9.17) is 10.8 Å². The van der Waals surface area contributed by atoms with E-state index in [9.17, 15) is 0 Å². The van der Waals surface area contributed by atoms with Gasteiger partial charge in [-0.1, -0.05) is 25.3 Å². The second-order valence-corrected chi connectivity index (χ2v) is 5.52. The molecule has 0 aromatic carbocycles. The highest BCUT2D eigenvalue weighted by Crippen LogP contribution is 2.20. The third-order valence-corrected chi connectivity index (χ3v) is 3.72. The van der Waals surface area contributed by atoms with E-state index in [-0.39, 0.29) is 0 Å². The summed E-state index contributed by atoms with van der Waals surface area (Å²) in [5.41, 5.74) is 4.79. The van der Waals surface area contributed by atoms with Gasteiger partial charge in [0.05, 0.1) is 18.3 Å². The first kappa shape index (κ1) is 14.8. The average molecular weight is 275 g/mol. The second kappa shape index (κ2) is 7.24. The van der Waals surface area contributed by atoms with Gasteiger partial charge in [0, 0.05) is 12.7 Å². The molecule has 0 spiro atoms. The van der Waals surface area contributed by atoms with Crippen molar-refractivity contribution in [3.8, 4) is 0 Å². The van der Waals surface area contributed by atoms with Gasteiger partial charge in [-0.2, -0.15) is 0 Å². The third kappa shape index (κ3) is 4.20. The van der Waals surface area contributed by atoms with E-state index in [1.807, 2.05) is 37.1 Å². The summed E-state index contributed by atoms with van der Waals surface area (Å²) in [6.07, 6.45) is 6.22. The van der Waals surface area contributed by atoms with Gasteiger partial charge in [0.2, 0.25) is 5.96 Å². The van der Waals surface area contributed by atoms with Crippen molar-refractivity contribution in [3.63, 3.8) is 0 Å². The predicted molar refractivity (Wildman–Crippen MR) is 82.1 cm³/mol. The Morgan fingerprint density at radius 1 is 1.40 bits per heavy atom. The molecular weight excluding hydrogens is 250 g/mol. The minimum atomic E-state index is 0.405. The number of aliphatic imine (C=N–C) groups is 1. The molecule has 3 N–H and O–H groups in total. The van der Waals surface area contributed by atoms with Crippen LogP contribution < -0.4 is 11.3 Å².